The maximum atomic E-state index is 13.3. The standard InChI is InChI=1S/C24H24F3N5O2/c1-13-3-6-18-19(32(13)22-14(2)33-22)8-7-17(15-11-29-31(12-15)16-4-5-16)21(18)34-23-28-10-9-20(30-23)24(25,26)27/h7-14,16,22H,3-6H2,1-2H3/t13-,14?,22?/m0/s1. The van der Waals surface area contributed by atoms with Gasteiger partial charge < -0.3 is 14.4 Å². The summed E-state index contributed by atoms with van der Waals surface area (Å²) in [4.78, 5) is 9.86. The molecule has 2 aromatic heterocycles. The Bertz CT molecular complexity index is 1240. The molecule has 3 aliphatic rings. The van der Waals surface area contributed by atoms with Crippen molar-refractivity contribution in [1.29, 1.82) is 0 Å². The van der Waals surface area contributed by atoms with Crippen LogP contribution in [-0.2, 0) is 17.3 Å². The Morgan fingerprint density at radius 3 is 2.62 bits per heavy atom. The molecule has 0 N–H and O–H groups in total. The van der Waals surface area contributed by atoms with E-state index < -0.39 is 11.9 Å². The molecule has 0 radical (unpaired) electrons. The molecule has 1 aliphatic carbocycles. The number of epoxide rings is 1. The lowest BCUT2D eigenvalue weighted by molar-refractivity contribution is -0.141. The molecule has 3 aromatic rings. The third kappa shape index (κ3) is 3.79. The number of benzene rings is 1. The second-order valence-corrected chi connectivity index (χ2v) is 9.23. The van der Waals surface area contributed by atoms with Gasteiger partial charge in [-0.25, -0.2) is 4.98 Å². The van der Waals surface area contributed by atoms with Crippen LogP contribution < -0.4 is 9.64 Å². The topological polar surface area (TPSA) is 68.6 Å². The zero-order valence-electron chi connectivity index (χ0n) is 18.8. The predicted octanol–water partition coefficient (Wildman–Crippen LogP) is 5.37. The van der Waals surface area contributed by atoms with E-state index in [-0.39, 0.29) is 24.4 Å². The molecule has 7 nitrogen and oxygen atoms in total. The van der Waals surface area contributed by atoms with Crippen LogP contribution in [0.3, 0.4) is 0 Å². The highest BCUT2D eigenvalue weighted by Crippen LogP contribution is 2.47. The smallest absolute Gasteiger partial charge is 0.423 e. The first-order valence-electron chi connectivity index (χ1n) is 11.5. The summed E-state index contributed by atoms with van der Waals surface area (Å²) >= 11 is 0. The number of rotatable bonds is 5. The van der Waals surface area contributed by atoms with Crippen molar-refractivity contribution >= 4 is 5.69 Å². The SMILES string of the molecule is CC1OC1N1c2ccc(-c3cnn(C4CC4)c3)c(Oc3nccc(C(F)(F)F)n3)c2CC[C@@H]1C. The van der Waals surface area contributed by atoms with E-state index in [1.54, 1.807) is 6.20 Å². The van der Waals surface area contributed by atoms with E-state index in [2.05, 4.69) is 26.9 Å². The van der Waals surface area contributed by atoms with Crippen molar-refractivity contribution in [3.63, 3.8) is 0 Å². The number of anilines is 1. The van der Waals surface area contributed by atoms with Crippen LogP contribution in [0, 0.1) is 0 Å². The van der Waals surface area contributed by atoms with Crippen LogP contribution >= 0.6 is 0 Å². The minimum absolute atomic E-state index is 0.0184. The maximum Gasteiger partial charge on any atom is 0.433 e. The summed E-state index contributed by atoms with van der Waals surface area (Å²) in [5.74, 6) is 0.470. The average molecular weight is 471 g/mol. The van der Waals surface area contributed by atoms with Gasteiger partial charge in [-0.15, -0.1) is 0 Å². The van der Waals surface area contributed by atoms with Gasteiger partial charge in [0.1, 0.15) is 11.9 Å². The van der Waals surface area contributed by atoms with Crippen molar-refractivity contribution < 1.29 is 22.6 Å². The van der Waals surface area contributed by atoms with Crippen molar-refractivity contribution in [2.75, 3.05) is 4.90 Å². The summed E-state index contributed by atoms with van der Waals surface area (Å²) in [7, 11) is 0. The third-order valence-electron chi connectivity index (χ3n) is 6.70. The maximum absolute atomic E-state index is 13.3. The van der Waals surface area contributed by atoms with Crippen LogP contribution in [-0.4, -0.2) is 38.1 Å². The minimum atomic E-state index is -4.59. The fourth-order valence-corrected chi connectivity index (χ4v) is 4.68. The molecule has 2 aliphatic heterocycles. The first kappa shape index (κ1) is 21.4. The number of hydrogen-bond donors (Lipinski definition) is 0. The number of ether oxygens (including phenoxy) is 2. The van der Waals surface area contributed by atoms with Gasteiger partial charge in [0.2, 0.25) is 0 Å². The highest BCUT2D eigenvalue weighted by molar-refractivity contribution is 5.78. The van der Waals surface area contributed by atoms with E-state index in [9.17, 15) is 13.2 Å². The summed E-state index contributed by atoms with van der Waals surface area (Å²) in [5.41, 5.74) is 2.44. The molecule has 6 rings (SSSR count). The van der Waals surface area contributed by atoms with E-state index in [1.165, 1.54) is 0 Å². The third-order valence-corrected chi connectivity index (χ3v) is 6.70. The van der Waals surface area contributed by atoms with Crippen molar-refractivity contribution in [3.8, 4) is 22.9 Å². The Balaban J connectivity index is 1.46. The first-order valence-corrected chi connectivity index (χ1v) is 11.5. The largest absolute Gasteiger partial charge is 0.433 e. The fourth-order valence-electron chi connectivity index (χ4n) is 4.68. The number of fused-ring (bicyclic) bond motifs is 1. The fraction of sp³-hybridized carbons (Fsp3) is 0.458. The van der Waals surface area contributed by atoms with Crippen LogP contribution in [0.2, 0.25) is 0 Å². The van der Waals surface area contributed by atoms with Gasteiger partial charge in [0.05, 0.1) is 12.2 Å². The first-order chi connectivity index (χ1) is 16.3. The van der Waals surface area contributed by atoms with Crippen LogP contribution in [0.5, 0.6) is 11.8 Å². The Morgan fingerprint density at radius 2 is 1.91 bits per heavy atom. The van der Waals surface area contributed by atoms with Gasteiger partial charge in [-0.05, 0) is 57.7 Å². The molecular formula is C24H24F3N5O2. The summed E-state index contributed by atoms with van der Waals surface area (Å²) < 4.78 is 53.5. The Morgan fingerprint density at radius 1 is 1.12 bits per heavy atom. The predicted molar refractivity (Wildman–Crippen MR) is 118 cm³/mol. The van der Waals surface area contributed by atoms with Gasteiger partial charge in [-0.3, -0.25) is 4.68 Å². The molecule has 0 amide bonds. The van der Waals surface area contributed by atoms with E-state index in [1.807, 2.05) is 29.9 Å². The van der Waals surface area contributed by atoms with Crippen LogP contribution in [0.15, 0.2) is 36.8 Å². The molecular weight excluding hydrogens is 447 g/mol. The second-order valence-electron chi connectivity index (χ2n) is 9.23. The lowest BCUT2D eigenvalue weighted by Crippen LogP contribution is -2.40. The normalized spacial score (nSPS) is 24.1. The molecule has 0 spiro atoms. The molecule has 178 valence electrons. The van der Waals surface area contributed by atoms with Crippen molar-refractivity contribution in [2.45, 2.75) is 70.1 Å². The highest BCUT2D eigenvalue weighted by atomic mass is 19.4. The Labute approximate surface area is 194 Å². The zero-order valence-corrected chi connectivity index (χ0v) is 18.8. The van der Waals surface area contributed by atoms with Crippen LogP contribution in [0.25, 0.3) is 11.1 Å². The van der Waals surface area contributed by atoms with Gasteiger partial charge in [0, 0.05) is 40.8 Å². The highest BCUT2D eigenvalue weighted by Gasteiger charge is 2.44. The van der Waals surface area contributed by atoms with E-state index >= 15 is 0 Å². The molecule has 10 heteroatoms. The number of hydrogen-bond acceptors (Lipinski definition) is 6. The van der Waals surface area contributed by atoms with Gasteiger partial charge >= 0.3 is 12.2 Å². The molecule has 2 fully saturated rings. The average Bonchev–Trinajstić information content (AvgIpc) is 3.72. The van der Waals surface area contributed by atoms with E-state index in [0.717, 1.165) is 53.9 Å². The molecule has 3 atom stereocenters. The number of alkyl halides is 3. The summed E-state index contributed by atoms with van der Waals surface area (Å²) in [5, 5.41) is 4.49. The van der Waals surface area contributed by atoms with Gasteiger partial charge in [0.25, 0.3) is 0 Å². The van der Waals surface area contributed by atoms with E-state index in [0.29, 0.717) is 18.2 Å². The Hall–Kier alpha value is -3.14. The van der Waals surface area contributed by atoms with Gasteiger partial charge in [-0.2, -0.15) is 23.3 Å². The molecule has 0 bridgehead atoms. The summed E-state index contributed by atoms with van der Waals surface area (Å²) in [6.45, 7) is 4.18. The molecule has 1 saturated heterocycles. The Kier molecular flexibility index (Phi) is 4.84. The second kappa shape index (κ2) is 7.69. The van der Waals surface area contributed by atoms with E-state index in [4.69, 9.17) is 9.47 Å². The monoisotopic (exact) mass is 471 g/mol. The van der Waals surface area contributed by atoms with Crippen molar-refractivity contribution in [3.05, 3.63) is 48.0 Å². The summed E-state index contributed by atoms with van der Waals surface area (Å²) in [6, 6.07) is 5.16. The molecule has 4 heterocycles. The number of halogens is 3. The molecule has 2 unspecified atom stereocenters. The lowest BCUT2D eigenvalue weighted by atomic mass is 9.92. The van der Waals surface area contributed by atoms with Crippen LogP contribution in [0.1, 0.15) is 50.4 Å². The quantitative estimate of drug-likeness (QED) is 0.466. The molecule has 1 saturated carbocycles. The van der Waals surface area contributed by atoms with Gasteiger partial charge in [0.15, 0.2) is 11.9 Å². The lowest BCUT2D eigenvalue weighted by Gasteiger charge is -2.37. The zero-order chi connectivity index (χ0) is 23.6. The van der Waals surface area contributed by atoms with Crippen LogP contribution in [0.4, 0.5) is 18.9 Å². The molecule has 34 heavy (non-hydrogen) atoms. The number of aromatic nitrogens is 4. The van der Waals surface area contributed by atoms with Crippen molar-refractivity contribution in [1.82, 2.24) is 19.7 Å². The minimum Gasteiger partial charge on any atom is -0.423 e. The van der Waals surface area contributed by atoms with Gasteiger partial charge in [-0.1, -0.05) is 0 Å². The number of nitrogens with zero attached hydrogens (tertiary/aromatic N) is 5. The summed E-state index contributed by atoms with van der Waals surface area (Å²) in [6.07, 6.45) is 4.10. The molecule has 1 aromatic carbocycles. The van der Waals surface area contributed by atoms with Crippen molar-refractivity contribution in [2.24, 2.45) is 0 Å².